The van der Waals surface area contributed by atoms with Crippen molar-refractivity contribution in [3.63, 3.8) is 0 Å². The SMILES string of the molecule is COc1c(C)cnc(CC(O)c2cn(C)nc2C)c1C. The first-order chi connectivity index (χ1) is 9.43. The van der Waals surface area contributed by atoms with E-state index in [9.17, 15) is 5.11 Å². The number of nitrogens with zero attached hydrogens (tertiary/aromatic N) is 3. The number of aliphatic hydroxyl groups excluding tert-OH is 1. The van der Waals surface area contributed by atoms with E-state index in [0.717, 1.165) is 33.8 Å². The van der Waals surface area contributed by atoms with E-state index in [-0.39, 0.29) is 0 Å². The van der Waals surface area contributed by atoms with Gasteiger partial charge in [-0.2, -0.15) is 5.10 Å². The van der Waals surface area contributed by atoms with Gasteiger partial charge in [0, 0.05) is 48.2 Å². The summed E-state index contributed by atoms with van der Waals surface area (Å²) < 4.78 is 7.11. The van der Waals surface area contributed by atoms with Crippen LogP contribution in [-0.2, 0) is 13.5 Å². The number of hydrogen-bond acceptors (Lipinski definition) is 4. The van der Waals surface area contributed by atoms with E-state index in [0.29, 0.717) is 6.42 Å². The van der Waals surface area contributed by atoms with E-state index in [2.05, 4.69) is 10.1 Å². The molecule has 1 unspecified atom stereocenters. The molecule has 0 fully saturated rings. The molecule has 5 heteroatoms. The third kappa shape index (κ3) is 2.67. The van der Waals surface area contributed by atoms with Gasteiger partial charge >= 0.3 is 0 Å². The molecule has 0 aromatic carbocycles. The zero-order valence-corrected chi connectivity index (χ0v) is 12.6. The summed E-state index contributed by atoms with van der Waals surface area (Å²) in [6.45, 7) is 5.83. The minimum absolute atomic E-state index is 0.453. The number of hydrogen-bond donors (Lipinski definition) is 1. The number of rotatable bonds is 4. The molecule has 2 aromatic heterocycles. The molecule has 5 nitrogen and oxygen atoms in total. The second-order valence-corrected chi connectivity index (χ2v) is 5.11. The molecular formula is C15H21N3O2. The molecule has 2 aromatic rings. The molecule has 0 amide bonds. The molecule has 0 aliphatic rings. The first-order valence-corrected chi connectivity index (χ1v) is 6.61. The van der Waals surface area contributed by atoms with E-state index < -0.39 is 6.10 Å². The molecule has 0 saturated heterocycles. The molecule has 0 saturated carbocycles. The van der Waals surface area contributed by atoms with Crippen LogP contribution in [0.4, 0.5) is 0 Å². The van der Waals surface area contributed by atoms with E-state index >= 15 is 0 Å². The second kappa shape index (κ2) is 5.63. The maximum absolute atomic E-state index is 10.4. The first-order valence-electron chi connectivity index (χ1n) is 6.61. The molecule has 0 bridgehead atoms. The third-order valence-corrected chi connectivity index (χ3v) is 3.55. The standard InChI is InChI=1S/C15H21N3O2/c1-9-7-16-13(10(2)15(9)20-5)6-14(19)12-8-18(4)17-11(12)3/h7-8,14,19H,6H2,1-5H3. The molecule has 20 heavy (non-hydrogen) atoms. The van der Waals surface area contributed by atoms with Crippen LogP contribution in [0.1, 0.15) is 34.2 Å². The fourth-order valence-electron chi connectivity index (χ4n) is 2.52. The lowest BCUT2D eigenvalue weighted by Crippen LogP contribution is -2.07. The molecular weight excluding hydrogens is 254 g/mol. The Hall–Kier alpha value is -1.88. The number of ether oxygens (including phenoxy) is 1. The Morgan fingerprint density at radius 2 is 2.05 bits per heavy atom. The van der Waals surface area contributed by atoms with Crippen molar-refractivity contribution in [2.45, 2.75) is 33.3 Å². The highest BCUT2D eigenvalue weighted by Crippen LogP contribution is 2.27. The summed E-state index contributed by atoms with van der Waals surface area (Å²) >= 11 is 0. The number of aliphatic hydroxyl groups is 1. The average Bonchev–Trinajstić information content (AvgIpc) is 2.73. The first kappa shape index (κ1) is 14.5. The Kier molecular flexibility index (Phi) is 4.09. The van der Waals surface area contributed by atoms with Crippen LogP contribution >= 0.6 is 0 Å². The predicted octanol–water partition coefficient (Wildman–Crippen LogP) is 2.03. The molecule has 1 atom stereocenters. The van der Waals surface area contributed by atoms with Gasteiger partial charge in [-0.3, -0.25) is 9.67 Å². The largest absolute Gasteiger partial charge is 0.496 e. The summed E-state index contributed by atoms with van der Waals surface area (Å²) in [6.07, 6.45) is 3.47. The lowest BCUT2D eigenvalue weighted by Gasteiger charge is -2.15. The lowest BCUT2D eigenvalue weighted by atomic mass is 10.0. The molecule has 1 N–H and O–H groups in total. The van der Waals surface area contributed by atoms with Crippen LogP contribution in [0.15, 0.2) is 12.4 Å². The monoisotopic (exact) mass is 275 g/mol. The summed E-state index contributed by atoms with van der Waals surface area (Å²) in [4.78, 5) is 4.42. The van der Waals surface area contributed by atoms with Gasteiger partial charge in [0.15, 0.2) is 0 Å². The quantitative estimate of drug-likeness (QED) is 0.927. The van der Waals surface area contributed by atoms with Crippen LogP contribution in [0.3, 0.4) is 0 Å². The Balaban J connectivity index is 2.28. The molecule has 0 aliphatic heterocycles. The van der Waals surface area contributed by atoms with Crippen LogP contribution in [0.2, 0.25) is 0 Å². The second-order valence-electron chi connectivity index (χ2n) is 5.11. The van der Waals surface area contributed by atoms with Crippen LogP contribution in [-0.4, -0.2) is 27.0 Å². The van der Waals surface area contributed by atoms with Gasteiger partial charge in [0.25, 0.3) is 0 Å². The average molecular weight is 275 g/mol. The Bertz CT molecular complexity index is 620. The summed E-state index contributed by atoms with van der Waals surface area (Å²) in [5, 5.41) is 14.6. The van der Waals surface area contributed by atoms with Crippen molar-refractivity contribution in [2.24, 2.45) is 7.05 Å². The van der Waals surface area contributed by atoms with Gasteiger partial charge < -0.3 is 9.84 Å². The van der Waals surface area contributed by atoms with E-state index in [1.807, 2.05) is 34.0 Å². The molecule has 0 radical (unpaired) electrons. The molecule has 108 valence electrons. The summed E-state index contributed by atoms with van der Waals surface area (Å²) in [7, 11) is 3.50. The highest BCUT2D eigenvalue weighted by molar-refractivity contribution is 5.41. The van der Waals surface area contributed by atoms with Crippen molar-refractivity contribution in [1.29, 1.82) is 0 Å². The molecule has 2 heterocycles. The number of methoxy groups -OCH3 is 1. The topological polar surface area (TPSA) is 60.2 Å². The fourth-order valence-corrected chi connectivity index (χ4v) is 2.52. The van der Waals surface area contributed by atoms with Crippen molar-refractivity contribution in [3.05, 3.63) is 40.5 Å². The smallest absolute Gasteiger partial charge is 0.128 e. The minimum atomic E-state index is -0.609. The Morgan fingerprint density at radius 1 is 1.35 bits per heavy atom. The van der Waals surface area contributed by atoms with Gasteiger partial charge in [-0.1, -0.05) is 0 Å². The van der Waals surface area contributed by atoms with Crippen molar-refractivity contribution >= 4 is 0 Å². The van der Waals surface area contributed by atoms with Gasteiger partial charge in [0.2, 0.25) is 0 Å². The summed E-state index contributed by atoms with van der Waals surface area (Å²) in [6, 6.07) is 0. The number of pyridine rings is 1. The van der Waals surface area contributed by atoms with E-state index in [1.165, 1.54) is 0 Å². The number of aromatic nitrogens is 3. The van der Waals surface area contributed by atoms with Crippen molar-refractivity contribution < 1.29 is 9.84 Å². The zero-order valence-electron chi connectivity index (χ0n) is 12.6. The van der Waals surface area contributed by atoms with Crippen LogP contribution in [0, 0.1) is 20.8 Å². The van der Waals surface area contributed by atoms with Gasteiger partial charge in [-0.25, -0.2) is 0 Å². The minimum Gasteiger partial charge on any atom is -0.496 e. The van der Waals surface area contributed by atoms with Gasteiger partial charge in [0.1, 0.15) is 5.75 Å². The lowest BCUT2D eigenvalue weighted by molar-refractivity contribution is 0.176. The zero-order chi connectivity index (χ0) is 14.9. The molecule has 2 rings (SSSR count). The van der Waals surface area contributed by atoms with Crippen LogP contribution in [0.5, 0.6) is 5.75 Å². The van der Waals surface area contributed by atoms with E-state index in [1.54, 1.807) is 18.0 Å². The normalized spacial score (nSPS) is 12.5. The predicted molar refractivity (Wildman–Crippen MR) is 76.9 cm³/mol. The fraction of sp³-hybridized carbons (Fsp3) is 0.467. The Morgan fingerprint density at radius 3 is 2.60 bits per heavy atom. The van der Waals surface area contributed by atoms with E-state index in [4.69, 9.17) is 4.74 Å². The van der Waals surface area contributed by atoms with Crippen molar-refractivity contribution in [1.82, 2.24) is 14.8 Å². The van der Waals surface area contributed by atoms with Gasteiger partial charge in [-0.05, 0) is 20.8 Å². The molecule has 0 aliphatic carbocycles. The Labute approximate surface area is 119 Å². The highest BCUT2D eigenvalue weighted by atomic mass is 16.5. The van der Waals surface area contributed by atoms with Crippen molar-refractivity contribution in [2.75, 3.05) is 7.11 Å². The maximum atomic E-state index is 10.4. The van der Waals surface area contributed by atoms with Gasteiger partial charge in [0.05, 0.1) is 18.9 Å². The van der Waals surface area contributed by atoms with Crippen molar-refractivity contribution in [3.8, 4) is 5.75 Å². The molecule has 0 spiro atoms. The van der Waals surface area contributed by atoms with Crippen LogP contribution < -0.4 is 4.74 Å². The van der Waals surface area contributed by atoms with Gasteiger partial charge in [-0.15, -0.1) is 0 Å². The number of aryl methyl sites for hydroxylation is 3. The summed E-state index contributed by atoms with van der Waals surface area (Å²) in [5.74, 6) is 0.838. The summed E-state index contributed by atoms with van der Waals surface area (Å²) in [5.41, 5.74) is 4.52. The third-order valence-electron chi connectivity index (χ3n) is 3.55. The maximum Gasteiger partial charge on any atom is 0.128 e. The highest BCUT2D eigenvalue weighted by Gasteiger charge is 2.18. The van der Waals surface area contributed by atoms with Crippen LogP contribution in [0.25, 0.3) is 0 Å².